The van der Waals surface area contributed by atoms with E-state index in [9.17, 15) is 14.4 Å². The highest BCUT2D eigenvalue weighted by Gasteiger charge is 2.28. The van der Waals surface area contributed by atoms with Crippen LogP contribution in [0.25, 0.3) is 6.08 Å². The number of primary amides is 1. The minimum absolute atomic E-state index is 0.0330. The second kappa shape index (κ2) is 8.12. The molecule has 2 aromatic rings. The normalized spacial score (nSPS) is 15.3. The van der Waals surface area contributed by atoms with Crippen molar-refractivity contribution in [2.24, 2.45) is 5.73 Å². The molecule has 0 radical (unpaired) electrons. The molecule has 156 valence electrons. The molecule has 0 saturated heterocycles. The topological polar surface area (TPSA) is 108 Å². The first-order valence-corrected chi connectivity index (χ1v) is 10.6. The quantitative estimate of drug-likeness (QED) is 0.685. The lowest BCUT2D eigenvalue weighted by molar-refractivity contribution is -0.149. The van der Waals surface area contributed by atoms with Gasteiger partial charge in [-0.1, -0.05) is 11.6 Å². The zero-order valence-electron chi connectivity index (χ0n) is 16.1. The summed E-state index contributed by atoms with van der Waals surface area (Å²) in [6.45, 7) is 1.50. The van der Waals surface area contributed by atoms with Gasteiger partial charge in [-0.05, 0) is 56.0 Å². The van der Waals surface area contributed by atoms with Crippen molar-refractivity contribution in [2.45, 2.75) is 32.3 Å². The van der Waals surface area contributed by atoms with Crippen molar-refractivity contribution in [3.63, 3.8) is 0 Å². The van der Waals surface area contributed by atoms with Gasteiger partial charge in [0, 0.05) is 15.5 Å². The van der Waals surface area contributed by atoms with E-state index in [0.29, 0.717) is 26.9 Å². The second-order valence-electron chi connectivity index (χ2n) is 7.10. The molecule has 1 unspecified atom stereocenters. The van der Waals surface area contributed by atoms with Gasteiger partial charge >= 0.3 is 5.97 Å². The summed E-state index contributed by atoms with van der Waals surface area (Å²) in [6.07, 6.45) is 3.16. The molecule has 0 spiro atoms. The zero-order chi connectivity index (χ0) is 21.4. The molecule has 3 N–H and O–H groups in total. The number of aryl methyl sites for hydroxylation is 1. The number of halogens is 1. The second-order valence-corrected chi connectivity index (χ2v) is 8.64. The first-order valence-electron chi connectivity index (χ1n) is 9.42. The minimum Gasteiger partial charge on any atom is -0.488 e. The van der Waals surface area contributed by atoms with E-state index in [4.69, 9.17) is 26.8 Å². The number of amides is 2. The average molecular weight is 447 g/mol. The molecule has 2 aliphatic rings. The average Bonchev–Trinajstić information content (AvgIpc) is 3.27. The molecular formula is C21H19ClN2O5S. The molecule has 0 fully saturated rings. The number of rotatable bonds is 5. The van der Waals surface area contributed by atoms with E-state index in [-0.39, 0.29) is 12.2 Å². The first-order chi connectivity index (χ1) is 14.3. The number of benzene rings is 1. The molecule has 1 atom stereocenters. The van der Waals surface area contributed by atoms with Gasteiger partial charge in [-0.2, -0.15) is 0 Å². The molecule has 2 amide bonds. The molecule has 1 aromatic heterocycles. The Morgan fingerprint density at radius 3 is 2.87 bits per heavy atom. The van der Waals surface area contributed by atoms with Gasteiger partial charge in [-0.25, -0.2) is 4.79 Å². The van der Waals surface area contributed by atoms with Crippen LogP contribution >= 0.6 is 22.9 Å². The Hall–Kier alpha value is -2.84. The SMILES string of the molecule is CC(OC(=O)C1=Cc2cc(Cl)ccc2OC1)C(=O)Nc1sc2c(c1C(N)=O)CCC2. The summed E-state index contributed by atoms with van der Waals surface area (Å²) in [4.78, 5) is 38.0. The smallest absolute Gasteiger partial charge is 0.338 e. The fraction of sp³-hybridized carbons (Fsp3) is 0.286. The van der Waals surface area contributed by atoms with Gasteiger partial charge < -0.3 is 20.5 Å². The molecule has 1 aromatic carbocycles. The summed E-state index contributed by atoms with van der Waals surface area (Å²) in [5.74, 6) is -1.15. The van der Waals surface area contributed by atoms with Gasteiger partial charge in [-0.15, -0.1) is 11.3 Å². The number of nitrogens with one attached hydrogen (secondary N) is 1. The third-order valence-corrected chi connectivity index (χ3v) is 6.45. The lowest BCUT2D eigenvalue weighted by atomic mass is 10.1. The van der Waals surface area contributed by atoms with Gasteiger partial charge in [0.1, 0.15) is 17.4 Å². The van der Waals surface area contributed by atoms with Crippen LogP contribution in [0.1, 0.15) is 39.7 Å². The summed E-state index contributed by atoms with van der Waals surface area (Å²) in [6, 6.07) is 5.10. The lowest BCUT2D eigenvalue weighted by Crippen LogP contribution is -2.32. The van der Waals surface area contributed by atoms with Crippen LogP contribution in [0.5, 0.6) is 5.75 Å². The maximum Gasteiger partial charge on any atom is 0.338 e. The van der Waals surface area contributed by atoms with Crippen LogP contribution in [-0.4, -0.2) is 30.5 Å². The van der Waals surface area contributed by atoms with Crippen LogP contribution in [0.15, 0.2) is 23.8 Å². The van der Waals surface area contributed by atoms with E-state index in [1.807, 2.05) is 0 Å². The molecule has 4 rings (SSSR count). The molecule has 1 aliphatic heterocycles. The molecule has 7 nitrogen and oxygen atoms in total. The van der Waals surface area contributed by atoms with Crippen molar-refractivity contribution in [3.05, 3.63) is 50.4 Å². The Balaban J connectivity index is 1.44. The number of fused-ring (bicyclic) bond motifs is 2. The van der Waals surface area contributed by atoms with Gasteiger partial charge in [0.05, 0.1) is 11.1 Å². The highest BCUT2D eigenvalue weighted by atomic mass is 35.5. The standard InChI is InChI=1S/C21H19ClN2O5S/c1-10(19(26)24-20-17(18(23)25)14-3-2-4-16(14)30-20)29-21(27)12-7-11-8-13(22)5-6-15(11)28-9-12/h5-8,10H,2-4,9H2,1H3,(H2,23,25)(H,24,26). The summed E-state index contributed by atoms with van der Waals surface area (Å²) >= 11 is 7.33. The number of nitrogens with two attached hydrogens (primary N) is 1. The van der Waals surface area contributed by atoms with E-state index in [2.05, 4.69) is 5.32 Å². The van der Waals surface area contributed by atoms with Gasteiger partial charge in [0.15, 0.2) is 6.10 Å². The molecule has 9 heteroatoms. The van der Waals surface area contributed by atoms with Crippen molar-refractivity contribution >= 4 is 51.8 Å². The van der Waals surface area contributed by atoms with Crippen LogP contribution in [0.2, 0.25) is 5.02 Å². The molecular weight excluding hydrogens is 428 g/mol. The largest absolute Gasteiger partial charge is 0.488 e. The predicted molar refractivity (Wildman–Crippen MR) is 114 cm³/mol. The number of carbonyl (C=O) groups excluding carboxylic acids is 3. The van der Waals surface area contributed by atoms with Gasteiger partial charge in [-0.3, -0.25) is 9.59 Å². The van der Waals surface area contributed by atoms with Crippen molar-refractivity contribution in [1.82, 2.24) is 0 Å². The summed E-state index contributed by atoms with van der Waals surface area (Å²) in [7, 11) is 0. The van der Waals surface area contributed by atoms with Crippen LogP contribution in [0, 0.1) is 0 Å². The van der Waals surface area contributed by atoms with Crippen molar-refractivity contribution < 1.29 is 23.9 Å². The number of ether oxygens (including phenoxy) is 2. The maximum atomic E-state index is 12.6. The van der Waals surface area contributed by atoms with Crippen molar-refractivity contribution in [3.8, 4) is 5.75 Å². The monoisotopic (exact) mass is 446 g/mol. The molecule has 1 aliphatic carbocycles. The predicted octanol–water partition coefficient (Wildman–Crippen LogP) is 3.34. The first kappa shape index (κ1) is 20.4. The van der Waals surface area contributed by atoms with E-state index in [1.54, 1.807) is 24.3 Å². The van der Waals surface area contributed by atoms with Crippen molar-refractivity contribution in [1.29, 1.82) is 0 Å². The summed E-state index contributed by atoms with van der Waals surface area (Å²) in [5.41, 5.74) is 7.72. The summed E-state index contributed by atoms with van der Waals surface area (Å²) < 4.78 is 10.9. The molecule has 0 saturated carbocycles. The van der Waals surface area contributed by atoms with E-state index < -0.39 is 23.9 Å². The number of carbonyl (C=O) groups is 3. The highest BCUT2D eigenvalue weighted by Crippen LogP contribution is 2.39. The van der Waals surface area contributed by atoms with E-state index in [0.717, 1.165) is 29.7 Å². The summed E-state index contributed by atoms with van der Waals surface area (Å²) in [5, 5.41) is 3.61. The Morgan fingerprint density at radius 2 is 2.10 bits per heavy atom. The molecule has 0 bridgehead atoms. The van der Waals surface area contributed by atoms with E-state index in [1.165, 1.54) is 18.3 Å². The van der Waals surface area contributed by atoms with Crippen LogP contribution < -0.4 is 15.8 Å². The third-order valence-electron chi connectivity index (χ3n) is 5.00. The van der Waals surface area contributed by atoms with Gasteiger partial charge in [0.2, 0.25) is 0 Å². The number of hydrogen-bond acceptors (Lipinski definition) is 6. The molecule has 30 heavy (non-hydrogen) atoms. The fourth-order valence-corrected chi connectivity index (χ4v) is 5.00. The Bertz CT molecular complexity index is 1090. The lowest BCUT2D eigenvalue weighted by Gasteiger charge is -2.19. The van der Waals surface area contributed by atoms with E-state index >= 15 is 0 Å². The number of thiophene rings is 1. The number of anilines is 1. The Labute approximate surface area is 181 Å². The number of hydrogen-bond donors (Lipinski definition) is 2. The van der Waals surface area contributed by atoms with Crippen LogP contribution in [0.4, 0.5) is 5.00 Å². The van der Waals surface area contributed by atoms with Crippen LogP contribution in [0.3, 0.4) is 0 Å². The minimum atomic E-state index is -1.07. The van der Waals surface area contributed by atoms with Crippen LogP contribution in [-0.2, 0) is 27.2 Å². The Morgan fingerprint density at radius 1 is 1.30 bits per heavy atom. The number of esters is 1. The molecule has 2 heterocycles. The van der Waals surface area contributed by atoms with Crippen molar-refractivity contribution in [2.75, 3.05) is 11.9 Å². The Kier molecular flexibility index (Phi) is 5.53. The zero-order valence-corrected chi connectivity index (χ0v) is 17.7. The third kappa shape index (κ3) is 3.93. The fourth-order valence-electron chi connectivity index (χ4n) is 3.52. The highest BCUT2D eigenvalue weighted by molar-refractivity contribution is 7.17. The maximum absolute atomic E-state index is 12.6. The van der Waals surface area contributed by atoms with Gasteiger partial charge in [0.25, 0.3) is 11.8 Å².